The molecule has 0 aliphatic heterocycles. The topological polar surface area (TPSA) is 153 Å². The fourth-order valence-corrected chi connectivity index (χ4v) is 5.44. The molecule has 0 atom stereocenters. The summed E-state index contributed by atoms with van der Waals surface area (Å²) in [5.41, 5.74) is 0.924. The summed E-state index contributed by atoms with van der Waals surface area (Å²) in [4.78, 5) is 7.54. The summed E-state index contributed by atoms with van der Waals surface area (Å²) >= 11 is 0.914. The average molecular weight is 479 g/mol. The van der Waals surface area contributed by atoms with E-state index in [1.54, 1.807) is 12.1 Å². The third-order valence-corrected chi connectivity index (χ3v) is 7.37. The second-order valence-corrected chi connectivity index (χ2v) is 9.93. The van der Waals surface area contributed by atoms with Crippen molar-refractivity contribution in [1.82, 2.24) is 18.7 Å². The van der Waals surface area contributed by atoms with Crippen molar-refractivity contribution in [3.05, 3.63) is 54.9 Å². The number of hydrogen-bond acceptors (Lipinski definition) is 10. The normalized spacial score (nSPS) is 11.9. The van der Waals surface area contributed by atoms with Crippen LogP contribution in [0.1, 0.15) is 0 Å². The van der Waals surface area contributed by atoms with Crippen LogP contribution in [0.5, 0.6) is 5.88 Å². The highest BCUT2D eigenvalue weighted by Crippen LogP contribution is 2.24. The summed E-state index contributed by atoms with van der Waals surface area (Å²) in [5, 5.41) is 0. The molecule has 11 nitrogen and oxygen atoms in total. The van der Waals surface area contributed by atoms with Crippen LogP contribution in [-0.4, -0.2) is 42.7 Å². The molecule has 0 radical (unpaired) electrons. The number of benzene rings is 2. The van der Waals surface area contributed by atoms with Gasteiger partial charge in [-0.25, -0.2) is 26.8 Å². The zero-order chi connectivity index (χ0) is 22.1. The van der Waals surface area contributed by atoms with E-state index >= 15 is 0 Å². The van der Waals surface area contributed by atoms with Crippen LogP contribution in [0.4, 0.5) is 11.5 Å². The Hall–Kier alpha value is -3.36. The quantitative estimate of drug-likeness (QED) is 0.406. The van der Waals surface area contributed by atoms with Crippen molar-refractivity contribution in [2.45, 2.75) is 9.79 Å². The summed E-state index contributed by atoms with van der Waals surface area (Å²) in [7, 11) is -6.52. The van der Waals surface area contributed by atoms with Crippen LogP contribution in [0.25, 0.3) is 11.0 Å². The Morgan fingerprint density at radius 3 is 2.42 bits per heavy atom. The maximum atomic E-state index is 12.8. The second kappa shape index (κ2) is 8.05. The molecule has 0 amide bonds. The van der Waals surface area contributed by atoms with Gasteiger partial charge in [-0.3, -0.25) is 9.44 Å². The molecular weight excluding hydrogens is 464 g/mol. The Morgan fingerprint density at radius 1 is 0.903 bits per heavy atom. The Bertz CT molecular complexity index is 1450. The lowest BCUT2D eigenvalue weighted by Crippen LogP contribution is -2.15. The van der Waals surface area contributed by atoms with E-state index < -0.39 is 20.0 Å². The minimum atomic E-state index is -3.96. The number of fused-ring (bicyclic) bond motifs is 1. The third kappa shape index (κ3) is 4.40. The standard InChI is InChI=1S/C17H14N6O5S3/c1-28-16-9-15(18-10-19-16)23-30(24,25)12-7-5-11(6-8-12)22-31(26,27)14-4-2-3-13-17(14)21-29-20-13/h2-10,22H,1H3,(H,18,19,23). The molecule has 0 saturated heterocycles. The van der Waals surface area contributed by atoms with Gasteiger partial charge in [-0.2, -0.15) is 8.75 Å². The highest BCUT2D eigenvalue weighted by atomic mass is 32.2. The molecule has 0 unspecified atom stereocenters. The molecule has 2 N–H and O–H groups in total. The van der Waals surface area contributed by atoms with E-state index in [2.05, 4.69) is 28.2 Å². The van der Waals surface area contributed by atoms with Crippen molar-refractivity contribution in [2.24, 2.45) is 0 Å². The molecule has 31 heavy (non-hydrogen) atoms. The number of ether oxygens (including phenoxy) is 1. The molecule has 0 fully saturated rings. The van der Waals surface area contributed by atoms with Gasteiger partial charge in [0.15, 0.2) is 0 Å². The van der Waals surface area contributed by atoms with E-state index in [4.69, 9.17) is 4.74 Å². The number of hydrogen-bond donors (Lipinski definition) is 2. The number of nitrogens with zero attached hydrogens (tertiary/aromatic N) is 4. The molecule has 160 valence electrons. The number of rotatable bonds is 7. The zero-order valence-electron chi connectivity index (χ0n) is 15.8. The largest absolute Gasteiger partial charge is 0.481 e. The maximum absolute atomic E-state index is 12.8. The van der Waals surface area contributed by atoms with Crippen LogP contribution < -0.4 is 14.2 Å². The average Bonchev–Trinajstić information content (AvgIpc) is 3.22. The minimum Gasteiger partial charge on any atom is -0.481 e. The summed E-state index contributed by atoms with van der Waals surface area (Å²) in [5.74, 6) is 0.226. The fraction of sp³-hybridized carbons (Fsp3) is 0.0588. The lowest BCUT2D eigenvalue weighted by Gasteiger charge is -2.10. The van der Waals surface area contributed by atoms with Gasteiger partial charge in [0.2, 0.25) is 5.88 Å². The summed E-state index contributed by atoms with van der Waals surface area (Å²) < 4.78 is 68.4. The van der Waals surface area contributed by atoms with Crippen molar-refractivity contribution in [3.8, 4) is 5.88 Å². The number of anilines is 2. The molecule has 14 heteroatoms. The predicted octanol–water partition coefficient (Wildman–Crippen LogP) is 2.09. The van der Waals surface area contributed by atoms with E-state index in [0.717, 1.165) is 18.1 Å². The number of sulfonamides is 2. The van der Waals surface area contributed by atoms with Crippen molar-refractivity contribution >= 4 is 54.3 Å². The molecule has 0 aliphatic carbocycles. The van der Waals surface area contributed by atoms with E-state index in [9.17, 15) is 16.8 Å². The smallest absolute Gasteiger partial charge is 0.264 e. The SMILES string of the molecule is COc1cc(NS(=O)(=O)c2ccc(NS(=O)(=O)c3cccc4nsnc34)cc2)ncn1. The molecule has 0 saturated carbocycles. The Kier molecular flexibility index (Phi) is 5.43. The molecule has 0 aliphatic rings. The summed E-state index contributed by atoms with van der Waals surface area (Å²) in [6.07, 6.45) is 1.16. The lowest BCUT2D eigenvalue weighted by atomic mass is 10.3. The van der Waals surface area contributed by atoms with E-state index in [-0.39, 0.29) is 32.7 Å². The number of methoxy groups -OCH3 is 1. The molecule has 0 spiro atoms. The Morgan fingerprint density at radius 2 is 1.68 bits per heavy atom. The number of aromatic nitrogens is 4. The molecule has 0 bridgehead atoms. The summed E-state index contributed by atoms with van der Waals surface area (Å²) in [6.45, 7) is 0. The molecule has 2 aromatic heterocycles. The Balaban J connectivity index is 1.55. The first kappa shape index (κ1) is 20.9. The third-order valence-electron chi connectivity index (χ3n) is 4.05. The highest BCUT2D eigenvalue weighted by molar-refractivity contribution is 7.93. The van der Waals surface area contributed by atoms with Gasteiger partial charge in [0.05, 0.1) is 23.7 Å². The maximum Gasteiger partial charge on any atom is 0.264 e. The monoisotopic (exact) mass is 478 g/mol. The first-order valence-electron chi connectivity index (χ1n) is 8.51. The molecule has 2 aromatic carbocycles. The van der Waals surface area contributed by atoms with Crippen molar-refractivity contribution in [2.75, 3.05) is 16.6 Å². The summed E-state index contributed by atoms with van der Waals surface area (Å²) in [6, 6.07) is 11.2. The molecule has 4 rings (SSSR count). The van der Waals surface area contributed by atoms with E-state index in [0.29, 0.717) is 5.52 Å². The van der Waals surface area contributed by atoms with Crippen LogP contribution in [-0.2, 0) is 20.0 Å². The van der Waals surface area contributed by atoms with Gasteiger partial charge in [-0.1, -0.05) is 6.07 Å². The van der Waals surface area contributed by atoms with Gasteiger partial charge in [-0.05, 0) is 36.4 Å². The Labute approximate surface area is 181 Å². The van der Waals surface area contributed by atoms with Gasteiger partial charge >= 0.3 is 0 Å². The highest BCUT2D eigenvalue weighted by Gasteiger charge is 2.21. The second-order valence-electron chi connectivity index (χ2n) is 6.07. The van der Waals surface area contributed by atoms with Crippen LogP contribution in [0.2, 0.25) is 0 Å². The fourth-order valence-electron chi connectivity index (χ4n) is 2.61. The molecule has 4 aromatic rings. The first-order chi connectivity index (χ1) is 14.8. The molecular formula is C17H14N6O5S3. The van der Waals surface area contributed by atoms with Gasteiger partial charge in [0.1, 0.15) is 28.1 Å². The van der Waals surface area contributed by atoms with Gasteiger partial charge in [-0.15, -0.1) is 0 Å². The van der Waals surface area contributed by atoms with Gasteiger partial charge in [0, 0.05) is 11.8 Å². The van der Waals surface area contributed by atoms with Gasteiger partial charge in [0.25, 0.3) is 20.0 Å². The lowest BCUT2D eigenvalue weighted by molar-refractivity contribution is 0.397. The zero-order valence-corrected chi connectivity index (χ0v) is 18.2. The van der Waals surface area contributed by atoms with Crippen LogP contribution >= 0.6 is 11.7 Å². The van der Waals surface area contributed by atoms with Crippen molar-refractivity contribution < 1.29 is 21.6 Å². The van der Waals surface area contributed by atoms with Crippen LogP contribution in [0, 0.1) is 0 Å². The van der Waals surface area contributed by atoms with Crippen LogP contribution in [0.15, 0.2) is 64.6 Å². The van der Waals surface area contributed by atoms with E-state index in [1.807, 2.05) is 0 Å². The minimum absolute atomic E-state index is 0.0187. The van der Waals surface area contributed by atoms with Gasteiger partial charge < -0.3 is 4.74 Å². The van der Waals surface area contributed by atoms with Crippen molar-refractivity contribution in [3.63, 3.8) is 0 Å². The van der Waals surface area contributed by atoms with Crippen LogP contribution in [0.3, 0.4) is 0 Å². The number of nitrogens with one attached hydrogen (secondary N) is 2. The molecule has 2 heterocycles. The van der Waals surface area contributed by atoms with Crippen molar-refractivity contribution in [1.29, 1.82) is 0 Å². The first-order valence-corrected chi connectivity index (χ1v) is 12.2. The van der Waals surface area contributed by atoms with E-state index in [1.165, 1.54) is 43.5 Å². The predicted molar refractivity (Wildman–Crippen MR) is 114 cm³/mol.